The van der Waals surface area contributed by atoms with Gasteiger partial charge in [-0.25, -0.2) is 13.4 Å². The molecule has 2 aromatic carbocycles. The molecule has 2 fully saturated rings. The summed E-state index contributed by atoms with van der Waals surface area (Å²) in [4.78, 5) is 22.5. The second-order valence-corrected chi connectivity index (χ2v) is 11.9. The van der Waals surface area contributed by atoms with Gasteiger partial charge in [0.15, 0.2) is 0 Å². The van der Waals surface area contributed by atoms with Crippen LogP contribution in [0.25, 0.3) is 22.2 Å². The molecule has 36 heavy (non-hydrogen) atoms. The van der Waals surface area contributed by atoms with Crippen molar-refractivity contribution in [1.29, 1.82) is 0 Å². The summed E-state index contributed by atoms with van der Waals surface area (Å²) in [5.41, 5.74) is 2.50. The number of fused-ring (bicyclic) bond motifs is 2. The summed E-state index contributed by atoms with van der Waals surface area (Å²) in [6.45, 7) is 2.86. The number of sulfonamides is 1. The molecule has 184 valence electrons. The number of halogens is 1. The molecule has 0 bridgehead atoms. The first-order valence-electron chi connectivity index (χ1n) is 11.7. The van der Waals surface area contributed by atoms with Gasteiger partial charge >= 0.3 is 0 Å². The number of hydrogen-bond donors (Lipinski definition) is 1. The van der Waals surface area contributed by atoms with Crippen molar-refractivity contribution >= 4 is 38.6 Å². The number of aryl methyl sites for hydroxylation is 2. The van der Waals surface area contributed by atoms with Crippen molar-refractivity contribution in [2.75, 3.05) is 18.4 Å². The molecule has 0 spiro atoms. The second kappa shape index (κ2) is 8.40. The molecule has 2 unspecified atom stereocenters. The molecule has 0 radical (unpaired) electrons. The van der Waals surface area contributed by atoms with Crippen LogP contribution in [0.4, 0.5) is 5.95 Å². The van der Waals surface area contributed by atoms with E-state index in [1.54, 1.807) is 41.8 Å². The van der Waals surface area contributed by atoms with Gasteiger partial charge in [0.2, 0.25) is 16.0 Å². The van der Waals surface area contributed by atoms with E-state index in [1.165, 1.54) is 4.57 Å². The Morgan fingerprint density at radius 1 is 1.03 bits per heavy atom. The number of nitrogens with zero attached hydrogens (tertiary/aromatic N) is 4. The monoisotopic (exact) mass is 521 g/mol. The molecule has 6 rings (SSSR count). The number of piperidine rings is 1. The first-order valence-corrected chi connectivity index (χ1v) is 13.5. The summed E-state index contributed by atoms with van der Waals surface area (Å²) in [7, 11) is -1.81. The van der Waals surface area contributed by atoms with Crippen molar-refractivity contribution in [3.05, 3.63) is 81.7 Å². The zero-order chi connectivity index (χ0) is 25.2. The van der Waals surface area contributed by atoms with E-state index in [0.717, 1.165) is 10.9 Å². The molecule has 1 N–H and O–H groups in total. The average Bonchev–Trinajstić information content (AvgIpc) is 3.28. The number of pyridine rings is 1. The quantitative estimate of drug-likeness (QED) is 0.430. The van der Waals surface area contributed by atoms with Crippen LogP contribution in [0.15, 0.2) is 70.5 Å². The third-order valence-corrected chi connectivity index (χ3v) is 9.40. The normalized spacial score (nSPS) is 21.5. The van der Waals surface area contributed by atoms with E-state index in [1.807, 2.05) is 37.3 Å². The van der Waals surface area contributed by atoms with Gasteiger partial charge in [-0.2, -0.15) is 9.29 Å². The highest BCUT2D eigenvalue weighted by atomic mass is 35.5. The predicted octanol–water partition coefficient (Wildman–Crippen LogP) is 3.69. The number of rotatable bonds is 5. The van der Waals surface area contributed by atoms with Gasteiger partial charge in [-0.3, -0.25) is 9.36 Å². The highest BCUT2D eigenvalue weighted by molar-refractivity contribution is 7.89. The van der Waals surface area contributed by atoms with Crippen molar-refractivity contribution in [2.24, 2.45) is 18.9 Å². The van der Waals surface area contributed by atoms with E-state index < -0.39 is 10.0 Å². The minimum absolute atomic E-state index is 0.103. The van der Waals surface area contributed by atoms with E-state index in [4.69, 9.17) is 11.6 Å². The Labute approximate surface area is 213 Å². The van der Waals surface area contributed by atoms with E-state index in [9.17, 15) is 13.2 Å². The Balaban J connectivity index is 1.20. The predicted molar refractivity (Wildman–Crippen MR) is 140 cm³/mol. The van der Waals surface area contributed by atoms with E-state index >= 15 is 0 Å². The Kier molecular flexibility index (Phi) is 5.40. The van der Waals surface area contributed by atoms with Crippen LogP contribution in [0, 0.1) is 18.8 Å². The third-order valence-electron chi connectivity index (χ3n) is 7.23. The molecular formula is C26H24ClN5O3S. The summed E-state index contributed by atoms with van der Waals surface area (Å²) in [6.07, 6.45) is 1.69. The minimum atomic E-state index is -3.50. The van der Waals surface area contributed by atoms with Gasteiger partial charge in [-0.15, -0.1) is 0 Å². The van der Waals surface area contributed by atoms with Gasteiger partial charge in [-0.1, -0.05) is 47.5 Å². The Morgan fingerprint density at radius 2 is 1.72 bits per heavy atom. The van der Waals surface area contributed by atoms with Crippen molar-refractivity contribution in [3.8, 4) is 11.1 Å². The lowest BCUT2D eigenvalue weighted by Crippen LogP contribution is -2.33. The maximum Gasteiger partial charge on any atom is 0.259 e. The maximum absolute atomic E-state index is 13.1. The van der Waals surface area contributed by atoms with Crippen LogP contribution in [0.1, 0.15) is 5.56 Å². The summed E-state index contributed by atoms with van der Waals surface area (Å²) in [6, 6.07) is 16.1. The van der Waals surface area contributed by atoms with Gasteiger partial charge in [0.1, 0.15) is 5.65 Å². The molecule has 3 heterocycles. The van der Waals surface area contributed by atoms with Gasteiger partial charge < -0.3 is 5.32 Å². The molecule has 10 heteroatoms. The van der Waals surface area contributed by atoms with Gasteiger partial charge in [-0.05, 0) is 43.0 Å². The van der Waals surface area contributed by atoms with Crippen LogP contribution >= 0.6 is 11.6 Å². The summed E-state index contributed by atoms with van der Waals surface area (Å²) in [5, 5.41) is 4.58. The SMILES string of the molecule is Cc1ccc(S(=O)(=O)N2CC3C(C2)C3Nc2ncc3cc(-c4ccccc4Cl)c(=O)n(C)c3n2)cc1. The van der Waals surface area contributed by atoms with Gasteiger partial charge in [0.25, 0.3) is 5.56 Å². The summed E-state index contributed by atoms with van der Waals surface area (Å²) in [5.74, 6) is 0.835. The van der Waals surface area contributed by atoms with Crippen molar-refractivity contribution < 1.29 is 8.42 Å². The van der Waals surface area contributed by atoms with Gasteiger partial charge in [0, 0.05) is 53.9 Å². The molecule has 2 atom stereocenters. The van der Waals surface area contributed by atoms with E-state index in [2.05, 4.69) is 15.3 Å². The lowest BCUT2D eigenvalue weighted by atomic mass is 10.1. The Bertz CT molecular complexity index is 1660. The summed E-state index contributed by atoms with van der Waals surface area (Å²) >= 11 is 6.32. The first-order chi connectivity index (χ1) is 17.2. The molecule has 2 aromatic heterocycles. The highest BCUT2D eigenvalue weighted by Gasteiger charge is 2.58. The van der Waals surface area contributed by atoms with Crippen LogP contribution in [-0.2, 0) is 17.1 Å². The summed E-state index contributed by atoms with van der Waals surface area (Å²) < 4.78 is 29.0. The van der Waals surface area contributed by atoms with Crippen molar-refractivity contribution in [1.82, 2.24) is 18.8 Å². The second-order valence-electron chi connectivity index (χ2n) is 9.51. The van der Waals surface area contributed by atoms with Crippen molar-refractivity contribution in [3.63, 3.8) is 0 Å². The standard InChI is InChI=1S/C26H24ClN5O3S/c1-15-7-9-17(10-8-15)36(34,35)32-13-20-21(14-32)23(20)29-26-28-12-16-11-19(18-5-3-4-6-22(18)27)25(33)31(2)24(16)30-26/h3-12,20-21,23H,13-14H2,1-2H3,(H,28,29,30). The molecule has 1 aliphatic carbocycles. The first kappa shape index (κ1) is 23.1. The largest absolute Gasteiger partial charge is 0.351 e. The molecular weight excluding hydrogens is 498 g/mol. The lowest BCUT2D eigenvalue weighted by molar-refractivity contribution is 0.436. The fraction of sp³-hybridized carbons (Fsp3) is 0.269. The maximum atomic E-state index is 13.1. The zero-order valence-corrected chi connectivity index (χ0v) is 21.3. The highest BCUT2D eigenvalue weighted by Crippen LogP contribution is 2.48. The van der Waals surface area contributed by atoms with Crippen LogP contribution in [0.2, 0.25) is 5.02 Å². The number of anilines is 1. The molecule has 1 saturated heterocycles. The van der Waals surface area contributed by atoms with E-state index in [0.29, 0.717) is 45.7 Å². The molecule has 0 amide bonds. The number of aromatic nitrogens is 3. The lowest BCUT2D eigenvalue weighted by Gasteiger charge is -2.20. The van der Waals surface area contributed by atoms with Crippen LogP contribution in [0.3, 0.4) is 0 Å². The van der Waals surface area contributed by atoms with Crippen LogP contribution in [-0.4, -0.2) is 46.4 Å². The minimum Gasteiger partial charge on any atom is -0.351 e. The third kappa shape index (κ3) is 3.78. The van der Waals surface area contributed by atoms with Gasteiger partial charge in [0.05, 0.1) is 4.90 Å². The topological polar surface area (TPSA) is 97.2 Å². The molecule has 1 saturated carbocycles. The van der Waals surface area contributed by atoms with Crippen LogP contribution < -0.4 is 10.9 Å². The fourth-order valence-electron chi connectivity index (χ4n) is 5.10. The molecule has 8 nitrogen and oxygen atoms in total. The Morgan fingerprint density at radius 3 is 2.42 bits per heavy atom. The number of hydrogen-bond acceptors (Lipinski definition) is 6. The smallest absolute Gasteiger partial charge is 0.259 e. The molecule has 4 aromatic rings. The Hall–Kier alpha value is -3.27. The van der Waals surface area contributed by atoms with E-state index in [-0.39, 0.29) is 23.4 Å². The fourth-order valence-corrected chi connectivity index (χ4v) is 6.85. The van der Waals surface area contributed by atoms with Crippen LogP contribution in [0.5, 0.6) is 0 Å². The van der Waals surface area contributed by atoms with Crippen molar-refractivity contribution in [2.45, 2.75) is 17.9 Å². The number of nitrogens with one attached hydrogen (secondary N) is 1. The number of benzene rings is 2. The average molecular weight is 522 g/mol. The zero-order valence-electron chi connectivity index (χ0n) is 19.7. The molecule has 2 aliphatic rings. The molecule has 1 aliphatic heterocycles.